The summed E-state index contributed by atoms with van der Waals surface area (Å²) in [5, 5.41) is 0. The van der Waals surface area contributed by atoms with Gasteiger partial charge in [0, 0.05) is 36.6 Å². The number of halogens is 1. The van der Waals surface area contributed by atoms with Gasteiger partial charge >= 0.3 is 0 Å². The molecule has 0 saturated carbocycles. The number of ether oxygens (including phenoxy) is 1. The van der Waals surface area contributed by atoms with Gasteiger partial charge < -0.3 is 9.64 Å². The average Bonchev–Trinajstić information content (AvgIpc) is 3.23. The molecule has 2 fully saturated rings. The van der Waals surface area contributed by atoms with Crippen LogP contribution >= 0.6 is 27.3 Å². The molecule has 2 saturated heterocycles. The van der Waals surface area contributed by atoms with E-state index in [1.54, 1.807) is 41.3 Å². The van der Waals surface area contributed by atoms with Crippen LogP contribution in [0.5, 0.6) is 0 Å². The van der Waals surface area contributed by atoms with Gasteiger partial charge in [-0.05, 0) is 59.5 Å². The molecule has 2 aliphatic heterocycles. The second kappa shape index (κ2) is 10.9. The number of sulfone groups is 1. The van der Waals surface area contributed by atoms with E-state index in [2.05, 4.69) is 21.4 Å². The molecular weight excluding hydrogens is 544 g/mol. The third-order valence-corrected chi connectivity index (χ3v) is 10.7. The lowest BCUT2D eigenvalue weighted by molar-refractivity contribution is -0.200. The summed E-state index contributed by atoms with van der Waals surface area (Å²) in [7, 11) is -3.80. The molecule has 2 unspecified atom stereocenters. The van der Waals surface area contributed by atoms with Gasteiger partial charge in [0.2, 0.25) is 5.91 Å². The Morgan fingerprint density at radius 3 is 2.65 bits per heavy atom. The molecule has 2 amide bonds. The zero-order valence-corrected chi connectivity index (χ0v) is 21.8. The van der Waals surface area contributed by atoms with Crippen molar-refractivity contribution >= 4 is 48.9 Å². The summed E-state index contributed by atoms with van der Waals surface area (Å²) in [6.07, 6.45) is 1.82. The van der Waals surface area contributed by atoms with Crippen molar-refractivity contribution in [2.75, 3.05) is 25.4 Å². The SMILES string of the molecule is O=C(CC1(c2ccc(Br)s2)CCN(C(=O)c2ccccc2)CCS1(=O)=O)NOC1CCCCO1. The Morgan fingerprint density at radius 2 is 1.97 bits per heavy atom. The Bertz CT molecular complexity index is 1120. The first-order valence-electron chi connectivity index (χ1n) is 11.2. The molecule has 1 aromatic carbocycles. The van der Waals surface area contributed by atoms with Crippen molar-refractivity contribution in [1.29, 1.82) is 0 Å². The molecule has 2 atom stereocenters. The third-order valence-electron chi connectivity index (χ3n) is 6.23. The monoisotopic (exact) mass is 570 g/mol. The molecule has 3 heterocycles. The van der Waals surface area contributed by atoms with Crippen molar-refractivity contribution < 1.29 is 27.6 Å². The van der Waals surface area contributed by atoms with Crippen LogP contribution < -0.4 is 5.48 Å². The number of carbonyl (C=O) groups excluding carboxylic acids is 2. The fourth-order valence-electron chi connectivity index (χ4n) is 4.33. The normalized spacial score (nSPS) is 24.9. The molecule has 184 valence electrons. The summed E-state index contributed by atoms with van der Waals surface area (Å²) >= 11 is 4.70. The van der Waals surface area contributed by atoms with Gasteiger partial charge in [0.05, 0.1) is 16.0 Å². The smallest absolute Gasteiger partial charge is 0.253 e. The second-order valence-corrected chi connectivity index (χ2v) is 13.3. The maximum atomic E-state index is 13.7. The van der Waals surface area contributed by atoms with E-state index in [4.69, 9.17) is 9.57 Å². The van der Waals surface area contributed by atoms with E-state index >= 15 is 0 Å². The molecular formula is C23H27BrN2O6S2. The minimum atomic E-state index is -3.80. The van der Waals surface area contributed by atoms with Crippen LogP contribution in [0.2, 0.25) is 0 Å². The highest BCUT2D eigenvalue weighted by molar-refractivity contribution is 9.11. The second-order valence-electron chi connectivity index (χ2n) is 8.44. The molecule has 0 aliphatic carbocycles. The number of hydrogen-bond donors (Lipinski definition) is 1. The van der Waals surface area contributed by atoms with Crippen LogP contribution in [0, 0.1) is 0 Å². The van der Waals surface area contributed by atoms with Crippen LogP contribution in [0.1, 0.15) is 47.3 Å². The van der Waals surface area contributed by atoms with E-state index in [9.17, 15) is 18.0 Å². The Balaban J connectivity index is 1.57. The van der Waals surface area contributed by atoms with E-state index < -0.39 is 26.8 Å². The quantitative estimate of drug-likeness (QED) is 0.532. The summed E-state index contributed by atoms with van der Waals surface area (Å²) in [5.41, 5.74) is 2.91. The first-order chi connectivity index (χ1) is 16.3. The highest BCUT2D eigenvalue weighted by Crippen LogP contribution is 2.44. The topological polar surface area (TPSA) is 102 Å². The number of hydroxylamine groups is 1. The zero-order valence-electron chi connectivity index (χ0n) is 18.6. The van der Waals surface area contributed by atoms with Crippen LogP contribution in [-0.4, -0.2) is 56.9 Å². The van der Waals surface area contributed by atoms with E-state index in [0.717, 1.165) is 16.6 Å². The van der Waals surface area contributed by atoms with E-state index in [-0.39, 0.29) is 37.6 Å². The number of hydrogen-bond acceptors (Lipinski definition) is 7. The summed E-state index contributed by atoms with van der Waals surface area (Å²) in [5.74, 6) is -0.993. The lowest BCUT2D eigenvalue weighted by atomic mass is 9.97. The Labute approximate surface area is 211 Å². The number of nitrogens with zero attached hydrogens (tertiary/aromatic N) is 1. The lowest BCUT2D eigenvalue weighted by Crippen LogP contribution is -2.43. The fourth-order valence-corrected chi connectivity index (χ4v) is 8.31. The Morgan fingerprint density at radius 1 is 1.18 bits per heavy atom. The molecule has 1 N–H and O–H groups in total. The molecule has 8 nitrogen and oxygen atoms in total. The zero-order chi connectivity index (χ0) is 24.2. The van der Waals surface area contributed by atoms with E-state index in [1.807, 2.05) is 6.07 Å². The van der Waals surface area contributed by atoms with Gasteiger partial charge in [-0.15, -0.1) is 11.3 Å². The predicted molar refractivity (Wildman–Crippen MR) is 132 cm³/mol. The average molecular weight is 572 g/mol. The molecule has 0 bridgehead atoms. The summed E-state index contributed by atoms with van der Waals surface area (Å²) in [6.45, 7) is 0.841. The predicted octanol–water partition coefficient (Wildman–Crippen LogP) is 3.63. The number of amides is 2. The van der Waals surface area contributed by atoms with E-state index in [0.29, 0.717) is 23.5 Å². The number of benzene rings is 1. The van der Waals surface area contributed by atoms with Crippen LogP contribution in [0.4, 0.5) is 0 Å². The fraction of sp³-hybridized carbons (Fsp3) is 0.478. The van der Waals surface area contributed by atoms with Crippen molar-refractivity contribution in [2.45, 2.75) is 43.1 Å². The number of carbonyl (C=O) groups is 2. The lowest BCUT2D eigenvalue weighted by Gasteiger charge is -2.31. The molecule has 34 heavy (non-hydrogen) atoms. The largest absolute Gasteiger partial charge is 0.350 e. The minimum Gasteiger partial charge on any atom is -0.350 e. The van der Waals surface area contributed by atoms with Crippen molar-refractivity contribution in [1.82, 2.24) is 10.4 Å². The molecule has 4 rings (SSSR count). The van der Waals surface area contributed by atoms with Gasteiger partial charge in [-0.2, -0.15) is 0 Å². The molecule has 0 spiro atoms. The first-order valence-corrected chi connectivity index (χ1v) is 14.5. The summed E-state index contributed by atoms with van der Waals surface area (Å²) in [6, 6.07) is 12.3. The molecule has 1 aromatic heterocycles. The minimum absolute atomic E-state index is 0.0678. The van der Waals surface area contributed by atoms with Crippen LogP contribution in [0.15, 0.2) is 46.3 Å². The Hall–Kier alpha value is -1.79. The van der Waals surface area contributed by atoms with Crippen molar-refractivity contribution in [3.63, 3.8) is 0 Å². The van der Waals surface area contributed by atoms with E-state index in [1.165, 1.54) is 11.3 Å². The van der Waals surface area contributed by atoms with Gasteiger partial charge in [0.15, 0.2) is 16.1 Å². The van der Waals surface area contributed by atoms with Crippen LogP contribution in [0.25, 0.3) is 0 Å². The summed E-state index contributed by atoms with van der Waals surface area (Å²) in [4.78, 5) is 33.5. The van der Waals surface area contributed by atoms with Crippen LogP contribution in [-0.2, 0) is 29.0 Å². The van der Waals surface area contributed by atoms with Crippen LogP contribution in [0.3, 0.4) is 0 Å². The van der Waals surface area contributed by atoms with Crippen molar-refractivity contribution in [3.05, 3.63) is 56.7 Å². The summed E-state index contributed by atoms with van der Waals surface area (Å²) < 4.78 is 32.2. The molecule has 11 heteroatoms. The maximum Gasteiger partial charge on any atom is 0.253 e. The van der Waals surface area contributed by atoms with Crippen molar-refractivity contribution in [3.8, 4) is 0 Å². The number of rotatable bonds is 6. The molecule has 2 aliphatic rings. The maximum absolute atomic E-state index is 13.7. The van der Waals surface area contributed by atoms with Gasteiger partial charge in [-0.25, -0.2) is 18.7 Å². The van der Waals surface area contributed by atoms with Gasteiger partial charge in [-0.1, -0.05) is 18.2 Å². The van der Waals surface area contributed by atoms with Gasteiger partial charge in [0.1, 0.15) is 4.75 Å². The highest BCUT2D eigenvalue weighted by atomic mass is 79.9. The third kappa shape index (κ3) is 5.54. The van der Waals surface area contributed by atoms with Gasteiger partial charge in [0.25, 0.3) is 5.91 Å². The van der Waals surface area contributed by atoms with Gasteiger partial charge in [-0.3, -0.25) is 9.59 Å². The standard InChI is InChI=1S/C23H27BrN2O6S2/c24-19-10-9-18(33-19)23(16-20(27)25-32-21-8-4-5-14-31-21)11-12-26(13-15-34(23,29)30)22(28)17-6-2-1-3-7-17/h1-3,6-7,9-10,21H,4-5,8,11-16H2,(H,25,27). The first kappa shape index (κ1) is 25.3. The number of thiophene rings is 1. The Kier molecular flexibility index (Phi) is 8.08. The number of nitrogens with one attached hydrogen (secondary N) is 1. The highest BCUT2D eigenvalue weighted by Gasteiger charge is 2.50. The molecule has 0 radical (unpaired) electrons. The molecule has 2 aromatic rings. The van der Waals surface area contributed by atoms with Crippen molar-refractivity contribution in [2.24, 2.45) is 0 Å².